The summed E-state index contributed by atoms with van der Waals surface area (Å²) in [6.07, 6.45) is 0. The maximum atomic E-state index is 11.6. The number of rotatable bonds is 4. The number of hydrogen-bond acceptors (Lipinski definition) is 4. The standard InChI is InChI=1S/C13H14N2O2S/c1-9(7-16)12(17)15-13-14-11(8-18-13)10-5-3-2-4-6-10/h2-6,8-9,16H,7H2,1H3,(H,14,15,17)/t9-/m0/s1. The molecule has 0 fully saturated rings. The highest BCUT2D eigenvalue weighted by Crippen LogP contribution is 2.24. The lowest BCUT2D eigenvalue weighted by Crippen LogP contribution is -2.22. The molecule has 0 aliphatic carbocycles. The Kier molecular flexibility index (Phi) is 4.07. The lowest BCUT2D eigenvalue weighted by atomic mass is 10.2. The summed E-state index contributed by atoms with van der Waals surface area (Å²) in [5.41, 5.74) is 1.86. The summed E-state index contributed by atoms with van der Waals surface area (Å²) in [6, 6.07) is 9.77. The Bertz CT molecular complexity index is 525. The Morgan fingerprint density at radius 2 is 2.17 bits per heavy atom. The fourth-order valence-electron chi connectivity index (χ4n) is 1.38. The Morgan fingerprint density at radius 1 is 1.44 bits per heavy atom. The molecule has 0 aliphatic heterocycles. The number of aliphatic hydroxyl groups is 1. The van der Waals surface area contributed by atoms with Crippen molar-refractivity contribution in [2.45, 2.75) is 6.92 Å². The van der Waals surface area contributed by atoms with Crippen molar-refractivity contribution in [3.63, 3.8) is 0 Å². The highest BCUT2D eigenvalue weighted by Gasteiger charge is 2.13. The molecular formula is C13H14N2O2S. The molecule has 0 radical (unpaired) electrons. The van der Waals surface area contributed by atoms with Crippen LogP contribution in [0.25, 0.3) is 11.3 Å². The molecule has 5 heteroatoms. The van der Waals surface area contributed by atoms with Crippen LogP contribution in [0.15, 0.2) is 35.7 Å². The van der Waals surface area contributed by atoms with E-state index in [9.17, 15) is 4.79 Å². The lowest BCUT2D eigenvalue weighted by Gasteiger charge is -2.06. The van der Waals surface area contributed by atoms with Gasteiger partial charge in [-0.2, -0.15) is 0 Å². The van der Waals surface area contributed by atoms with Crippen molar-refractivity contribution in [2.75, 3.05) is 11.9 Å². The Labute approximate surface area is 109 Å². The van der Waals surface area contributed by atoms with Crippen molar-refractivity contribution >= 4 is 22.4 Å². The number of anilines is 1. The number of nitrogens with zero attached hydrogens (tertiary/aromatic N) is 1. The van der Waals surface area contributed by atoms with E-state index in [1.807, 2.05) is 35.7 Å². The summed E-state index contributed by atoms with van der Waals surface area (Å²) in [5, 5.41) is 14.0. The van der Waals surface area contributed by atoms with Crippen LogP contribution in [0.4, 0.5) is 5.13 Å². The van der Waals surface area contributed by atoms with Crippen molar-refractivity contribution in [1.29, 1.82) is 0 Å². The summed E-state index contributed by atoms with van der Waals surface area (Å²) in [5.74, 6) is -0.638. The molecule has 0 saturated heterocycles. The van der Waals surface area contributed by atoms with Gasteiger partial charge >= 0.3 is 0 Å². The van der Waals surface area contributed by atoms with E-state index in [0.29, 0.717) is 5.13 Å². The molecular weight excluding hydrogens is 248 g/mol. The Morgan fingerprint density at radius 3 is 2.83 bits per heavy atom. The molecule has 1 heterocycles. The summed E-state index contributed by atoms with van der Waals surface area (Å²) < 4.78 is 0. The van der Waals surface area contributed by atoms with E-state index in [2.05, 4.69) is 10.3 Å². The van der Waals surface area contributed by atoms with Gasteiger partial charge < -0.3 is 10.4 Å². The van der Waals surface area contributed by atoms with Crippen LogP contribution < -0.4 is 5.32 Å². The van der Waals surface area contributed by atoms with Gasteiger partial charge in [-0.25, -0.2) is 4.98 Å². The van der Waals surface area contributed by atoms with Gasteiger partial charge in [0, 0.05) is 10.9 Å². The van der Waals surface area contributed by atoms with E-state index < -0.39 is 5.92 Å². The minimum atomic E-state index is -0.422. The predicted molar refractivity (Wildman–Crippen MR) is 72.4 cm³/mol. The zero-order valence-corrected chi connectivity index (χ0v) is 10.8. The number of hydrogen-bond donors (Lipinski definition) is 2. The molecule has 1 amide bonds. The lowest BCUT2D eigenvalue weighted by molar-refractivity contribution is -0.120. The Hall–Kier alpha value is -1.72. The third kappa shape index (κ3) is 2.94. The average molecular weight is 262 g/mol. The fourth-order valence-corrected chi connectivity index (χ4v) is 2.11. The summed E-state index contributed by atoms with van der Waals surface area (Å²) in [4.78, 5) is 15.9. The summed E-state index contributed by atoms with van der Waals surface area (Å²) in [7, 11) is 0. The van der Waals surface area contributed by atoms with E-state index in [-0.39, 0.29) is 12.5 Å². The van der Waals surface area contributed by atoms with E-state index in [1.54, 1.807) is 6.92 Å². The van der Waals surface area contributed by atoms with E-state index in [0.717, 1.165) is 11.3 Å². The zero-order valence-electron chi connectivity index (χ0n) is 9.96. The largest absolute Gasteiger partial charge is 0.396 e. The molecule has 2 N–H and O–H groups in total. The van der Waals surface area contributed by atoms with Crippen LogP contribution in [0, 0.1) is 5.92 Å². The maximum absolute atomic E-state index is 11.6. The number of aliphatic hydroxyl groups excluding tert-OH is 1. The second kappa shape index (κ2) is 5.75. The van der Waals surface area contributed by atoms with Crippen LogP contribution in [0.3, 0.4) is 0 Å². The van der Waals surface area contributed by atoms with Crippen molar-refractivity contribution in [3.8, 4) is 11.3 Å². The van der Waals surface area contributed by atoms with Crippen LogP contribution in [-0.4, -0.2) is 22.6 Å². The normalized spacial score (nSPS) is 12.1. The first-order valence-corrected chi connectivity index (χ1v) is 6.51. The van der Waals surface area contributed by atoms with Crippen molar-refractivity contribution in [1.82, 2.24) is 4.98 Å². The first kappa shape index (κ1) is 12.7. The minimum absolute atomic E-state index is 0.164. The molecule has 4 nitrogen and oxygen atoms in total. The number of aromatic nitrogens is 1. The van der Waals surface area contributed by atoms with Gasteiger partial charge in [0.15, 0.2) is 5.13 Å². The summed E-state index contributed by atoms with van der Waals surface area (Å²) >= 11 is 1.38. The van der Waals surface area contributed by atoms with Crippen LogP contribution in [-0.2, 0) is 4.79 Å². The molecule has 94 valence electrons. The van der Waals surface area contributed by atoms with Crippen LogP contribution in [0.5, 0.6) is 0 Å². The van der Waals surface area contributed by atoms with Gasteiger partial charge in [-0.1, -0.05) is 37.3 Å². The molecule has 2 rings (SSSR count). The van der Waals surface area contributed by atoms with Crippen molar-refractivity contribution in [3.05, 3.63) is 35.7 Å². The topological polar surface area (TPSA) is 62.2 Å². The fraction of sp³-hybridized carbons (Fsp3) is 0.231. The monoisotopic (exact) mass is 262 g/mol. The molecule has 0 saturated carbocycles. The number of benzene rings is 1. The number of amides is 1. The minimum Gasteiger partial charge on any atom is -0.396 e. The molecule has 0 bridgehead atoms. The molecule has 1 aromatic carbocycles. The first-order valence-electron chi connectivity index (χ1n) is 5.63. The molecule has 1 aromatic heterocycles. The SMILES string of the molecule is C[C@@H](CO)C(=O)Nc1nc(-c2ccccc2)cs1. The first-order chi connectivity index (χ1) is 8.70. The third-order valence-electron chi connectivity index (χ3n) is 2.53. The smallest absolute Gasteiger partial charge is 0.231 e. The molecule has 0 unspecified atom stereocenters. The van der Waals surface area contributed by atoms with E-state index >= 15 is 0 Å². The van der Waals surface area contributed by atoms with Gasteiger partial charge in [-0.05, 0) is 0 Å². The predicted octanol–water partition coefficient (Wildman–Crippen LogP) is 2.38. The number of nitrogens with one attached hydrogen (secondary N) is 1. The van der Waals surface area contributed by atoms with Gasteiger partial charge in [-0.15, -0.1) is 11.3 Å². The van der Waals surface area contributed by atoms with Gasteiger partial charge in [0.25, 0.3) is 0 Å². The molecule has 1 atom stereocenters. The second-order valence-electron chi connectivity index (χ2n) is 3.98. The summed E-state index contributed by atoms with van der Waals surface area (Å²) in [6.45, 7) is 1.50. The Balaban J connectivity index is 2.10. The number of carbonyl (C=O) groups is 1. The van der Waals surface area contributed by atoms with E-state index in [1.165, 1.54) is 11.3 Å². The average Bonchev–Trinajstić information content (AvgIpc) is 2.87. The molecule has 0 spiro atoms. The van der Waals surface area contributed by atoms with Gasteiger partial charge in [0.2, 0.25) is 5.91 Å². The van der Waals surface area contributed by atoms with Gasteiger partial charge in [-0.3, -0.25) is 4.79 Å². The van der Waals surface area contributed by atoms with E-state index in [4.69, 9.17) is 5.11 Å². The van der Waals surface area contributed by atoms with Crippen LogP contribution in [0.1, 0.15) is 6.92 Å². The third-order valence-corrected chi connectivity index (χ3v) is 3.28. The van der Waals surface area contributed by atoms with Crippen LogP contribution in [0.2, 0.25) is 0 Å². The number of carbonyl (C=O) groups excluding carboxylic acids is 1. The van der Waals surface area contributed by atoms with Gasteiger partial charge in [0.05, 0.1) is 18.2 Å². The number of thiazole rings is 1. The van der Waals surface area contributed by atoms with Crippen LogP contribution >= 0.6 is 11.3 Å². The molecule has 0 aliphatic rings. The second-order valence-corrected chi connectivity index (χ2v) is 4.83. The molecule has 18 heavy (non-hydrogen) atoms. The van der Waals surface area contributed by atoms with Crippen molar-refractivity contribution < 1.29 is 9.90 Å². The maximum Gasteiger partial charge on any atom is 0.231 e. The van der Waals surface area contributed by atoms with Crippen molar-refractivity contribution in [2.24, 2.45) is 5.92 Å². The zero-order chi connectivity index (χ0) is 13.0. The van der Waals surface area contributed by atoms with Gasteiger partial charge in [0.1, 0.15) is 0 Å². The highest BCUT2D eigenvalue weighted by atomic mass is 32.1. The quantitative estimate of drug-likeness (QED) is 0.889. The molecule has 2 aromatic rings. The highest BCUT2D eigenvalue weighted by molar-refractivity contribution is 7.14.